The number of aryl methyl sites for hydroxylation is 1. The summed E-state index contributed by atoms with van der Waals surface area (Å²) in [6, 6.07) is 10.6. The number of hydrogen-bond donors (Lipinski definition) is 0. The number of benzene rings is 1. The van der Waals surface area contributed by atoms with E-state index >= 15 is 0 Å². The smallest absolute Gasteiger partial charge is 0.687 e. The van der Waals surface area contributed by atoms with Crippen molar-refractivity contribution >= 4 is 31.4 Å². The van der Waals surface area contributed by atoms with Crippen molar-refractivity contribution in [3.05, 3.63) is 50.8 Å². The third kappa shape index (κ3) is 43.2. The van der Waals surface area contributed by atoms with E-state index in [1.807, 2.05) is 20.8 Å². The molecule has 0 fully saturated rings. The Labute approximate surface area is 301 Å². The van der Waals surface area contributed by atoms with Gasteiger partial charge in [0.25, 0.3) is 0 Å². The van der Waals surface area contributed by atoms with Crippen molar-refractivity contribution in [1.29, 1.82) is 0 Å². The molecule has 0 aliphatic heterocycles. The molecular formula is C34H67N7SiTh. The van der Waals surface area contributed by atoms with Gasteiger partial charge in [-0.25, -0.2) is 0 Å². The molecule has 0 spiro atoms. The Morgan fingerprint density at radius 2 is 0.791 bits per heavy atom. The van der Waals surface area contributed by atoms with E-state index in [-0.39, 0.29) is 39.9 Å². The van der Waals surface area contributed by atoms with E-state index < -0.39 is 8.24 Å². The van der Waals surface area contributed by atoms with Gasteiger partial charge in [-0.1, -0.05) is 150 Å². The Balaban J connectivity index is -0.000000235. The van der Waals surface area contributed by atoms with E-state index in [9.17, 15) is 0 Å². The summed E-state index contributed by atoms with van der Waals surface area (Å²) in [5, 5.41) is 12.8. The molecule has 0 aliphatic rings. The second-order valence-corrected chi connectivity index (χ2v) is 17.7. The van der Waals surface area contributed by atoms with Crippen molar-refractivity contribution < 1.29 is 39.9 Å². The van der Waals surface area contributed by atoms with E-state index in [1.165, 1.54) is 5.56 Å². The zero-order valence-electron chi connectivity index (χ0n) is 31.4. The van der Waals surface area contributed by atoms with Crippen LogP contribution in [0, 0.1) is 46.9 Å². The van der Waals surface area contributed by atoms with Crippen LogP contribution in [-0.2, 0) is 0 Å². The van der Waals surface area contributed by atoms with Crippen molar-refractivity contribution in [2.45, 2.75) is 167 Å². The van der Waals surface area contributed by atoms with Crippen LogP contribution in [0.3, 0.4) is 0 Å². The van der Waals surface area contributed by atoms with Crippen molar-refractivity contribution in [3.8, 4) is 0 Å². The maximum Gasteiger partial charge on any atom is 4.00 e. The molecule has 7 nitrogen and oxygen atoms in total. The van der Waals surface area contributed by atoms with Crippen LogP contribution >= 0.6 is 0 Å². The predicted octanol–water partition coefficient (Wildman–Crippen LogP) is 11.6. The van der Waals surface area contributed by atoms with Crippen LogP contribution in [0.1, 0.15) is 109 Å². The van der Waals surface area contributed by atoms with E-state index in [4.69, 9.17) is 0 Å². The molecule has 0 aliphatic carbocycles. The average molecular weight is 834 g/mol. The molecule has 0 heterocycles. The molecule has 0 saturated carbocycles. The molecule has 1 aromatic rings. The van der Waals surface area contributed by atoms with Gasteiger partial charge in [-0.3, -0.25) is 0 Å². The summed E-state index contributed by atoms with van der Waals surface area (Å²) in [5.41, 5.74) is 2.42. The monoisotopic (exact) mass is 834 g/mol. The quantitative estimate of drug-likeness (QED) is 0.142. The molecule has 0 amide bonds. The number of hydrogen-bond acceptors (Lipinski definition) is 3. The fourth-order valence-corrected chi connectivity index (χ4v) is 4.27. The van der Waals surface area contributed by atoms with Gasteiger partial charge in [0, 0.05) is 0 Å². The summed E-state index contributed by atoms with van der Waals surface area (Å²) in [7, 11) is -1.29. The Morgan fingerprint density at radius 1 is 0.535 bits per heavy atom. The zero-order valence-corrected chi connectivity index (χ0v) is 36.5. The number of nitrogens with zero attached hydrogens (tertiary/aromatic N) is 7. The van der Waals surface area contributed by atoms with Crippen LogP contribution in [-0.4, -0.2) is 62.0 Å². The molecule has 0 unspecified atom stereocenters. The first kappa shape index (κ1) is 48.9. The molecule has 1 rings (SSSR count). The third-order valence-corrected chi connectivity index (χ3v) is 5.10. The van der Waals surface area contributed by atoms with Crippen molar-refractivity contribution in [2.24, 2.45) is 15.0 Å². The van der Waals surface area contributed by atoms with Crippen LogP contribution in [0.25, 0.3) is 20.9 Å². The van der Waals surface area contributed by atoms with Gasteiger partial charge in [0.2, 0.25) is 0 Å². The van der Waals surface area contributed by atoms with Crippen LogP contribution in [0.4, 0.5) is 5.69 Å². The number of aliphatic imine (C=N–C) groups is 3. The molecule has 0 N–H and O–H groups in total. The first-order valence-electron chi connectivity index (χ1n) is 15.6. The molecule has 0 aromatic heterocycles. The van der Waals surface area contributed by atoms with Crippen molar-refractivity contribution in [1.82, 2.24) is 0 Å². The normalized spacial score (nSPS) is 12.2. The van der Waals surface area contributed by atoms with Gasteiger partial charge in [-0.05, 0) is 72.2 Å². The summed E-state index contributed by atoms with van der Waals surface area (Å²) in [6.07, 6.45) is 0. The molecule has 0 atom stereocenters. The number of amidine groups is 3. The predicted molar refractivity (Wildman–Crippen MR) is 198 cm³/mol. The Kier molecular flexibility index (Phi) is 31.0. The van der Waals surface area contributed by atoms with Crippen LogP contribution in [0.15, 0.2) is 39.2 Å². The molecule has 43 heavy (non-hydrogen) atoms. The molecule has 246 valence electrons. The average Bonchev–Trinajstić information content (AvgIpc) is 2.72. The summed E-state index contributed by atoms with van der Waals surface area (Å²) >= 11 is 0. The molecular weight excluding hydrogens is 767 g/mol. The first-order chi connectivity index (χ1) is 19.0. The van der Waals surface area contributed by atoms with Gasteiger partial charge in [0.1, 0.15) is 0 Å². The zero-order chi connectivity index (χ0) is 33.6. The van der Waals surface area contributed by atoms with E-state index in [0.717, 1.165) is 23.2 Å². The Hall–Kier alpha value is -1.03. The second-order valence-electron chi connectivity index (χ2n) is 13.1. The molecule has 1 aromatic carbocycles. The van der Waals surface area contributed by atoms with Gasteiger partial charge in [0.05, 0.1) is 0 Å². The molecule has 0 saturated heterocycles. The minimum Gasteiger partial charge on any atom is -0.687 e. The van der Waals surface area contributed by atoms with Gasteiger partial charge in [-0.2, -0.15) is 0 Å². The van der Waals surface area contributed by atoms with Gasteiger partial charge in [0.15, 0.2) is 0 Å². The second kappa shape index (κ2) is 27.3. The van der Waals surface area contributed by atoms with E-state index in [0.29, 0.717) is 36.3 Å². The van der Waals surface area contributed by atoms with Crippen molar-refractivity contribution in [3.63, 3.8) is 0 Å². The van der Waals surface area contributed by atoms with Gasteiger partial charge < -0.3 is 35.9 Å². The van der Waals surface area contributed by atoms with Crippen molar-refractivity contribution in [2.75, 3.05) is 0 Å². The molecule has 0 radical (unpaired) electrons. The van der Waals surface area contributed by atoms with Crippen LogP contribution < -0.4 is 0 Å². The summed E-state index contributed by atoms with van der Waals surface area (Å²) < 4.78 is 0. The van der Waals surface area contributed by atoms with Crippen LogP contribution in [0.5, 0.6) is 0 Å². The summed E-state index contributed by atoms with van der Waals surface area (Å²) in [4.78, 5) is 17.5. The van der Waals surface area contributed by atoms with Gasteiger partial charge in [-0.15, -0.1) is 5.69 Å². The standard InChI is InChI=1S/C10H16NSi.3C8H17N2.Th/c1-9-5-7-10(8-6-9)11-12(2,3)4;3*1-6(2)9-8(5)10-7(3)4;/h5-8H,1-4H3;3*6-7H,1-5H3;/q4*-1;+4. The van der Waals surface area contributed by atoms with Crippen LogP contribution in [0.2, 0.25) is 19.6 Å². The SMILES string of the molecule is CC(=NC(C)C)[N-]C(C)C.CC(=NC(C)C)[N-]C(C)C.CC(=NC(C)C)[N-]C(C)C.Cc1ccc([N-][Si](C)(C)C)cc1.[Th+4]. The molecule has 0 bridgehead atoms. The molecule has 9 heteroatoms. The minimum absolute atomic E-state index is 0. The minimum atomic E-state index is -1.29. The fraction of sp³-hybridized carbons (Fsp3) is 0.735. The maximum absolute atomic E-state index is 4.67. The topological polar surface area (TPSA) is 93.5 Å². The first-order valence-corrected chi connectivity index (χ1v) is 19.0. The fourth-order valence-electron chi connectivity index (χ4n) is 3.35. The largest absolute Gasteiger partial charge is 4.00 e. The van der Waals surface area contributed by atoms with E-state index in [1.54, 1.807) is 0 Å². The maximum atomic E-state index is 4.67. The van der Waals surface area contributed by atoms with E-state index in [2.05, 4.69) is 170 Å². The summed E-state index contributed by atoms with van der Waals surface area (Å²) in [6.45, 7) is 39.3. The third-order valence-electron chi connectivity index (χ3n) is 4.17. The Morgan fingerprint density at radius 3 is 0.977 bits per heavy atom. The summed E-state index contributed by atoms with van der Waals surface area (Å²) in [5.74, 6) is 2.72. The Bertz CT molecular complexity index is 812. The number of rotatable bonds is 8. The van der Waals surface area contributed by atoms with Gasteiger partial charge >= 0.3 is 39.9 Å².